The third kappa shape index (κ3) is 4.88. The first kappa shape index (κ1) is 14.2. The van der Waals surface area contributed by atoms with E-state index in [1.807, 2.05) is 24.3 Å². The Kier molecular flexibility index (Phi) is 6.22. The Morgan fingerprint density at radius 3 is 2.59 bits per heavy atom. The van der Waals surface area contributed by atoms with E-state index in [0.717, 1.165) is 22.9 Å². The Bertz CT molecular complexity index is 351. The second-order valence-corrected chi connectivity index (χ2v) is 4.89. The molecule has 0 aromatic heterocycles. The number of halogens is 1. The Morgan fingerprint density at radius 1 is 1.41 bits per heavy atom. The van der Waals surface area contributed by atoms with E-state index in [2.05, 4.69) is 28.2 Å². The molecule has 3 nitrogen and oxygen atoms in total. The van der Waals surface area contributed by atoms with E-state index in [4.69, 9.17) is 5.73 Å². The van der Waals surface area contributed by atoms with Gasteiger partial charge in [-0.05, 0) is 37.1 Å². The van der Waals surface area contributed by atoms with Crippen LogP contribution in [0.4, 0.5) is 0 Å². The minimum atomic E-state index is 0.0743. The van der Waals surface area contributed by atoms with Crippen molar-refractivity contribution >= 4 is 21.8 Å². The molecule has 1 aromatic carbocycles. The third-order valence-corrected chi connectivity index (χ3v) is 3.15. The summed E-state index contributed by atoms with van der Waals surface area (Å²) < 4.78 is 1.05. The van der Waals surface area contributed by atoms with Gasteiger partial charge < -0.3 is 11.1 Å². The van der Waals surface area contributed by atoms with Crippen LogP contribution in [0.5, 0.6) is 0 Å². The molecule has 94 valence electrons. The lowest BCUT2D eigenvalue weighted by Crippen LogP contribution is -2.28. The molecule has 17 heavy (non-hydrogen) atoms. The van der Waals surface area contributed by atoms with E-state index >= 15 is 0 Å². The normalized spacial score (nSPS) is 12.2. The first-order chi connectivity index (χ1) is 8.17. The predicted molar refractivity (Wildman–Crippen MR) is 73.6 cm³/mol. The molecule has 1 unspecified atom stereocenters. The van der Waals surface area contributed by atoms with Crippen molar-refractivity contribution in [1.29, 1.82) is 0 Å². The van der Waals surface area contributed by atoms with Crippen molar-refractivity contribution in [3.63, 3.8) is 0 Å². The largest absolute Gasteiger partial charge is 0.349 e. The Labute approximate surface area is 111 Å². The van der Waals surface area contributed by atoms with Gasteiger partial charge in [0.2, 0.25) is 5.91 Å². The van der Waals surface area contributed by atoms with Gasteiger partial charge in [0.25, 0.3) is 0 Å². The van der Waals surface area contributed by atoms with Gasteiger partial charge in [-0.25, -0.2) is 0 Å². The molecule has 0 heterocycles. The summed E-state index contributed by atoms with van der Waals surface area (Å²) in [6, 6.07) is 8.13. The second-order valence-electron chi connectivity index (χ2n) is 3.97. The molecule has 1 rings (SSSR count). The summed E-state index contributed by atoms with van der Waals surface area (Å²) in [4.78, 5) is 11.6. The van der Waals surface area contributed by atoms with Gasteiger partial charge in [-0.3, -0.25) is 4.79 Å². The van der Waals surface area contributed by atoms with Crippen LogP contribution in [0.3, 0.4) is 0 Å². The number of nitrogens with two attached hydrogens (primary N) is 1. The van der Waals surface area contributed by atoms with E-state index in [9.17, 15) is 4.79 Å². The molecule has 0 saturated heterocycles. The van der Waals surface area contributed by atoms with E-state index < -0.39 is 0 Å². The zero-order chi connectivity index (χ0) is 12.7. The zero-order valence-electron chi connectivity index (χ0n) is 10.1. The van der Waals surface area contributed by atoms with Gasteiger partial charge in [-0.15, -0.1) is 0 Å². The first-order valence-electron chi connectivity index (χ1n) is 5.92. The number of carbonyl (C=O) groups is 1. The molecule has 4 heteroatoms. The Hall–Kier alpha value is -0.870. The van der Waals surface area contributed by atoms with Gasteiger partial charge in [0, 0.05) is 10.9 Å². The molecule has 0 fully saturated rings. The fourth-order valence-corrected chi connectivity index (χ4v) is 1.91. The van der Waals surface area contributed by atoms with Crippen LogP contribution in [0.2, 0.25) is 0 Å². The van der Waals surface area contributed by atoms with Crippen LogP contribution in [-0.2, 0) is 4.79 Å². The predicted octanol–water partition coefficient (Wildman–Crippen LogP) is 2.76. The number of carbonyl (C=O) groups excluding carboxylic acids is 1. The minimum Gasteiger partial charge on any atom is -0.349 e. The van der Waals surface area contributed by atoms with Crippen molar-refractivity contribution in [3.05, 3.63) is 34.3 Å². The molecule has 0 radical (unpaired) electrons. The summed E-state index contributed by atoms with van der Waals surface area (Å²) in [5.41, 5.74) is 6.52. The monoisotopic (exact) mass is 298 g/mol. The fourth-order valence-electron chi connectivity index (χ4n) is 1.65. The SMILES string of the molecule is CCC(NC(=O)CCCN)c1ccc(Br)cc1. The maximum atomic E-state index is 11.6. The average Bonchev–Trinajstić information content (AvgIpc) is 2.34. The summed E-state index contributed by atoms with van der Waals surface area (Å²) in [5, 5.41) is 3.03. The molecule has 1 amide bonds. The van der Waals surface area contributed by atoms with Crippen LogP contribution >= 0.6 is 15.9 Å². The molecule has 0 spiro atoms. The van der Waals surface area contributed by atoms with Crippen LogP contribution in [0.25, 0.3) is 0 Å². The topological polar surface area (TPSA) is 55.1 Å². The molecule has 0 bridgehead atoms. The van der Waals surface area contributed by atoms with Crippen molar-refractivity contribution in [2.24, 2.45) is 5.73 Å². The van der Waals surface area contributed by atoms with Crippen LogP contribution < -0.4 is 11.1 Å². The van der Waals surface area contributed by atoms with Crippen molar-refractivity contribution in [2.75, 3.05) is 6.54 Å². The number of rotatable bonds is 6. The summed E-state index contributed by atoms with van der Waals surface area (Å²) in [5.74, 6) is 0.0743. The van der Waals surface area contributed by atoms with Crippen molar-refractivity contribution < 1.29 is 4.79 Å². The lowest BCUT2D eigenvalue weighted by molar-refractivity contribution is -0.121. The fraction of sp³-hybridized carbons (Fsp3) is 0.462. The molecule has 0 saturated carbocycles. The highest BCUT2D eigenvalue weighted by Crippen LogP contribution is 2.19. The molecule has 0 aliphatic rings. The van der Waals surface area contributed by atoms with E-state index in [1.165, 1.54) is 0 Å². The van der Waals surface area contributed by atoms with Crippen molar-refractivity contribution in [1.82, 2.24) is 5.32 Å². The molecule has 3 N–H and O–H groups in total. The molecular formula is C13H19BrN2O. The zero-order valence-corrected chi connectivity index (χ0v) is 11.7. The first-order valence-corrected chi connectivity index (χ1v) is 6.71. The van der Waals surface area contributed by atoms with Gasteiger partial charge in [-0.2, -0.15) is 0 Å². The van der Waals surface area contributed by atoms with Gasteiger partial charge in [0.1, 0.15) is 0 Å². The highest BCUT2D eigenvalue weighted by atomic mass is 79.9. The number of hydrogen-bond acceptors (Lipinski definition) is 2. The van der Waals surface area contributed by atoms with Crippen molar-refractivity contribution in [3.8, 4) is 0 Å². The number of amides is 1. The van der Waals surface area contributed by atoms with Crippen LogP contribution in [0.1, 0.15) is 37.8 Å². The maximum Gasteiger partial charge on any atom is 0.220 e. The Balaban J connectivity index is 2.59. The Morgan fingerprint density at radius 2 is 2.06 bits per heavy atom. The molecule has 1 atom stereocenters. The number of hydrogen-bond donors (Lipinski definition) is 2. The van der Waals surface area contributed by atoms with Crippen LogP contribution in [-0.4, -0.2) is 12.5 Å². The average molecular weight is 299 g/mol. The van der Waals surface area contributed by atoms with Gasteiger partial charge in [0.15, 0.2) is 0 Å². The molecule has 1 aromatic rings. The van der Waals surface area contributed by atoms with E-state index in [0.29, 0.717) is 13.0 Å². The van der Waals surface area contributed by atoms with E-state index in [-0.39, 0.29) is 11.9 Å². The summed E-state index contributed by atoms with van der Waals surface area (Å²) in [7, 11) is 0. The number of nitrogens with one attached hydrogen (secondary N) is 1. The third-order valence-electron chi connectivity index (χ3n) is 2.62. The second kappa shape index (κ2) is 7.45. The summed E-state index contributed by atoms with van der Waals surface area (Å²) in [6.45, 7) is 2.62. The highest BCUT2D eigenvalue weighted by Gasteiger charge is 2.11. The summed E-state index contributed by atoms with van der Waals surface area (Å²) >= 11 is 3.40. The van der Waals surface area contributed by atoms with Crippen LogP contribution in [0.15, 0.2) is 28.7 Å². The van der Waals surface area contributed by atoms with Gasteiger partial charge in [0.05, 0.1) is 6.04 Å². The maximum absolute atomic E-state index is 11.6. The van der Waals surface area contributed by atoms with E-state index in [1.54, 1.807) is 0 Å². The summed E-state index contributed by atoms with van der Waals surface area (Å²) in [6.07, 6.45) is 2.13. The van der Waals surface area contributed by atoms with Crippen LogP contribution in [0, 0.1) is 0 Å². The lowest BCUT2D eigenvalue weighted by atomic mass is 10.0. The lowest BCUT2D eigenvalue weighted by Gasteiger charge is -2.17. The highest BCUT2D eigenvalue weighted by molar-refractivity contribution is 9.10. The molecule has 0 aliphatic heterocycles. The number of benzene rings is 1. The molecule has 0 aliphatic carbocycles. The smallest absolute Gasteiger partial charge is 0.220 e. The van der Waals surface area contributed by atoms with Gasteiger partial charge >= 0.3 is 0 Å². The van der Waals surface area contributed by atoms with Crippen molar-refractivity contribution in [2.45, 2.75) is 32.2 Å². The standard InChI is InChI=1S/C13H19BrN2O/c1-2-12(16-13(17)4-3-9-15)10-5-7-11(14)8-6-10/h5-8,12H,2-4,9,15H2,1H3,(H,16,17). The molecular weight excluding hydrogens is 280 g/mol. The van der Waals surface area contributed by atoms with Gasteiger partial charge in [-0.1, -0.05) is 35.0 Å². The quantitative estimate of drug-likeness (QED) is 0.848. The minimum absolute atomic E-state index is 0.0743.